The second-order valence-electron chi connectivity index (χ2n) is 3.78. The summed E-state index contributed by atoms with van der Waals surface area (Å²) < 4.78 is 4.40. The summed E-state index contributed by atoms with van der Waals surface area (Å²) in [5.41, 5.74) is -0.136. The van der Waals surface area contributed by atoms with Crippen LogP contribution in [0, 0.1) is 17.8 Å². The van der Waals surface area contributed by atoms with E-state index in [0.29, 0.717) is 6.29 Å². The molecule has 0 spiro atoms. The molecule has 1 saturated heterocycles. The number of carboxylic acid groups (broad SMARTS) is 1. The number of carboxylic acids is 1. The third kappa shape index (κ3) is 1.42. The zero-order valence-corrected chi connectivity index (χ0v) is 8.08. The van der Waals surface area contributed by atoms with Gasteiger partial charge in [-0.2, -0.15) is 0 Å². The summed E-state index contributed by atoms with van der Waals surface area (Å²) in [4.78, 5) is 44.0. The summed E-state index contributed by atoms with van der Waals surface area (Å²) in [7, 11) is 0. The zero-order chi connectivity index (χ0) is 11.9. The van der Waals surface area contributed by atoms with E-state index in [1.165, 1.54) is 0 Å². The highest BCUT2D eigenvalue weighted by molar-refractivity contribution is 6.01. The summed E-state index contributed by atoms with van der Waals surface area (Å²) in [6.07, 6.45) is 1.66. The molecule has 0 aromatic rings. The van der Waals surface area contributed by atoms with E-state index in [0.717, 1.165) is 6.08 Å². The average molecular weight is 224 g/mol. The first kappa shape index (κ1) is 10.5. The number of aldehydes is 1. The van der Waals surface area contributed by atoms with Crippen molar-refractivity contribution >= 4 is 24.2 Å². The fourth-order valence-corrected chi connectivity index (χ4v) is 2.06. The highest BCUT2D eigenvalue weighted by Gasteiger charge is 2.48. The van der Waals surface area contributed by atoms with Gasteiger partial charge in [-0.3, -0.25) is 9.59 Å². The van der Waals surface area contributed by atoms with Crippen LogP contribution in [0.4, 0.5) is 0 Å². The standard InChI is InChI=1S/C10H8O6/c11-3-4-1-6-7(2-5(4)8(12)13)10(15)16-9(6)14/h2-4,6-7H,1H2,(H,12,13). The molecule has 1 N–H and O–H groups in total. The van der Waals surface area contributed by atoms with Crippen LogP contribution in [0.5, 0.6) is 0 Å². The molecule has 3 unspecified atom stereocenters. The summed E-state index contributed by atoms with van der Waals surface area (Å²) >= 11 is 0. The van der Waals surface area contributed by atoms with Crippen LogP contribution in [0.1, 0.15) is 6.42 Å². The van der Waals surface area contributed by atoms with Gasteiger partial charge < -0.3 is 14.6 Å². The third-order valence-electron chi connectivity index (χ3n) is 2.89. The van der Waals surface area contributed by atoms with Crippen molar-refractivity contribution in [2.75, 3.05) is 0 Å². The van der Waals surface area contributed by atoms with E-state index >= 15 is 0 Å². The smallest absolute Gasteiger partial charge is 0.331 e. The van der Waals surface area contributed by atoms with Gasteiger partial charge in [0, 0.05) is 11.5 Å². The van der Waals surface area contributed by atoms with E-state index in [9.17, 15) is 19.2 Å². The van der Waals surface area contributed by atoms with Crippen molar-refractivity contribution in [1.29, 1.82) is 0 Å². The number of hydrogen-bond acceptors (Lipinski definition) is 5. The largest absolute Gasteiger partial charge is 0.478 e. The number of hydrogen-bond donors (Lipinski definition) is 1. The molecule has 0 bridgehead atoms. The van der Waals surface area contributed by atoms with Gasteiger partial charge in [-0.15, -0.1) is 0 Å². The second kappa shape index (κ2) is 3.55. The minimum Gasteiger partial charge on any atom is -0.478 e. The van der Waals surface area contributed by atoms with E-state index < -0.39 is 35.7 Å². The van der Waals surface area contributed by atoms with Gasteiger partial charge in [-0.25, -0.2) is 4.79 Å². The van der Waals surface area contributed by atoms with E-state index in [1.807, 2.05) is 0 Å². The van der Waals surface area contributed by atoms with Crippen LogP contribution in [-0.2, 0) is 23.9 Å². The average Bonchev–Trinajstić information content (AvgIpc) is 2.52. The first-order chi connectivity index (χ1) is 7.54. The van der Waals surface area contributed by atoms with E-state index in [4.69, 9.17) is 5.11 Å². The number of carbonyl (C=O) groups is 4. The minimum absolute atomic E-state index is 0.0247. The highest BCUT2D eigenvalue weighted by atomic mass is 16.6. The van der Waals surface area contributed by atoms with Crippen molar-refractivity contribution in [2.24, 2.45) is 17.8 Å². The van der Waals surface area contributed by atoms with Crippen molar-refractivity contribution in [3.63, 3.8) is 0 Å². The van der Waals surface area contributed by atoms with Crippen LogP contribution >= 0.6 is 0 Å². The number of carbonyl (C=O) groups excluding carboxylic acids is 3. The van der Waals surface area contributed by atoms with Gasteiger partial charge in [-0.1, -0.05) is 6.08 Å². The Balaban J connectivity index is 2.40. The van der Waals surface area contributed by atoms with Gasteiger partial charge >= 0.3 is 17.9 Å². The van der Waals surface area contributed by atoms with Crippen molar-refractivity contribution in [1.82, 2.24) is 0 Å². The summed E-state index contributed by atoms with van der Waals surface area (Å²) in [6.45, 7) is 0. The van der Waals surface area contributed by atoms with Crippen LogP contribution < -0.4 is 0 Å². The Bertz CT molecular complexity index is 421. The molecule has 84 valence electrons. The maximum absolute atomic E-state index is 11.2. The molecule has 2 aliphatic rings. The zero-order valence-electron chi connectivity index (χ0n) is 8.08. The molecular weight excluding hydrogens is 216 g/mol. The Morgan fingerprint density at radius 2 is 2.12 bits per heavy atom. The summed E-state index contributed by atoms with van der Waals surface area (Å²) in [5.74, 6) is -5.08. The van der Waals surface area contributed by atoms with Crippen molar-refractivity contribution in [3.05, 3.63) is 11.6 Å². The molecule has 16 heavy (non-hydrogen) atoms. The molecule has 1 aliphatic carbocycles. The lowest BCUT2D eigenvalue weighted by Crippen LogP contribution is -2.29. The molecule has 1 fully saturated rings. The Hall–Kier alpha value is -1.98. The lowest BCUT2D eigenvalue weighted by molar-refractivity contribution is -0.153. The number of esters is 2. The number of cyclic esters (lactones) is 2. The van der Waals surface area contributed by atoms with Crippen LogP contribution in [-0.4, -0.2) is 29.3 Å². The van der Waals surface area contributed by atoms with E-state index in [-0.39, 0.29) is 12.0 Å². The topological polar surface area (TPSA) is 97.7 Å². The monoisotopic (exact) mass is 224 g/mol. The number of ether oxygens (including phenoxy) is 1. The SMILES string of the molecule is O=CC1CC2C(=O)OC(=O)C2C=C1C(=O)O. The lowest BCUT2D eigenvalue weighted by atomic mass is 9.76. The molecule has 0 amide bonds. The Morgan fingerprint density at radius 3 is 2.69 bits per heavy atom. The van der Waals surface area contributed by atoms with Gasteiger partial charge in [0.25, 0.3) is 0 Å². The summed E-state index contributed by atoms with van der Waals surface area (Å²) in [6, 6.07) is 0. The van der Waals surface area contributed by atoms with Crippen molar-refractivity contribution in [3.8, 4) is 0 Å². The predicted molar refractivity (Wildman–Crippen MR) is 48.0 cm³/mol. The van der Waals surface area contributed by atoms with Crippen molar-refractivity contribution in [2.45, 2.75) is 6.42 Å². The van der Waals surface area contributed by atoms with Crippen molar-refractivity contribution < 1.29 is 29.0 Å². The van der Waals surface area contributed by atoms with Gasteiger partial charge in [0.2, 0.25) is 0 Å². The molecule has 6 nitrogen and oxygen atoms in total. The molecule has 0 aromatic heterocycles. The first-order valence-corrected chi connectivity index (χ1v) is 4.70. The van der Waals surface area contributed by atoms with Crippen LogP contribution in [0.25, 0.3) is 0 Å². The second-order valence-corrected chi connectivity index (χ2v) is 3.78. The predicted octanol–water partition coefficient (Wildman–Crippen LogP) is -0.468. The first-order valence-electron chi connectivity index (χ1n) is 4.70. The molecule has 3 atom stereocenters. The van der Waals surface area contributed by atoms with Crippen LogP contribution in [0.15, 0.2) is 11.6 Å². The number of fused-ring (bicyclic) bond motifs is 1. The van der Waals surface area contributed by atoms with Gasteiger partial charge in [0.15, 0.2) is 0 Å². The number of rotatable bonds is 2. The molecule has 0 saturated carbocycles. The van der Waals surface area contributed by atoms with Gasteiger partial charge in [0.1, 0.15) is 6.29 Å². The minimum atomic E-state index is -1.25. The molecule has 1 aliphatic heterocycles. The van der Waals surface area contributed by atoms with Gasteiger partial charge in [0.05, 0.1) is 11.8 Å². The van der Waals surface area contributed by atoms with Crippen LogP contribution in [0.3, 0.4) is 0 Å². The highest BCUT2D eigenvalue weighted by Crippen LogP contribution is 2.37. The van der Waals surface area contributed by atoms with Gasteiger partial charge in [-0.05, 0) is 6.42 Å². The maximum atomic E-state index is 11.2. The normalized spacial score (nSPS) is 32.8. The molecular formula is C10H8O6. The lowest BCUT2D eigenvalue weighted by Gasteiger charge is -2.22. The third-order valence-corrected chi connectivity index (χ3v) is 2.89. The molecule has 1 heterocycles. The summed E-state index contributed by atoms with van der Waals surface area (Å²) in [5, 5.41) is 8.85. The number of aliphatic carboxylic acids is 1. The van der Waals surface area contributed by atoms with E-state index in [1.54, 1.807) is 0 Å². The Labute approximate surface area is 89.9 Å². The fourth-order valence-electron chi connectivity index (χ4n) is 2.06. The quantitative estimate of drug-likeness (QED) is 0.387. The van der Waals surface area contributed by atoms with Crippen LogP contribution in [0.2, 0.25) is 0 Å². The molecule has 0 radical (unpaired) electrons. The molecule has 0 aromatic carbocycles. The fraction of sp³-hybridized carbons (Fsp3) is 0.400. The Morgan fingerprint density at radius 1 is 1.44 bits per heavy atom. The Kier molecular flexibility index (Phi) is 2.34. The van der Waals surface area contributed by atoms with E-state index in [2.05, 4.69) is 4.74 Å². The molecule has 2 rings (SSSR count). The molecule has 6 heteroatoms. The maximum Gasteiger partial charge on any atom is 0.331 e.